The summed E-state index contributed by atoms with van der Waals surface area (Å²) in [4.78, 5) is 2.04. The summed E-state index contributed by atoms with van der Waals surface area (Å²) in [7, 11) is 0. The zero-order valence-electron chi connectivity index (χ0n) is 14.7. The molecule has 0 unspecified atom stereocenters. The smallest absolute Gasteiger partial charge is 0.120 e. The van der Waals surface area contributed by atoms with Gasteiger partial charge >= 0.3 is 0 Å². The SMILES string of the molecule is CC.CC.NC1=C(/C=C(\N)Cl)N(Cc2c(Cl)cccc2Cl)CCN1. The molecule has 0 aromatic heterocycles. The largest absolute Gasteiger partial charge is 0.389 e. The molecule has 0 bridgehead atoms. The van der Waals surface area contributed by atoms with Gasteiger partial charge in [0.25, 0.3) is 0 Å². The molecule has 1 aliphatic rings. The van der Waals surface area contributed by atoms with E-state index in [0.717, 1.165) is 24.4 Å². The van der Waals surface area contributed by atoms with E-state index in [1.807, 2.05) is 50.8 Å². The van der Waals surface area contributed by atoms with E-state index >= 15 is 0 Å². The number of nitrogens with zero attached hydrogens (tertiary/aromatic N) is 1. The Kier molecular flexibility index (Phi) is 11.6. The third kappa shape index (κ3) is 6.71. The van der Waals surface area contributed by atoms with Gasteiger partial charge in [0.2, 0.25) is 0 Å². The second-order valence-electron chi connectivity index (χ2n) is 4.38. The number of benzene rings is 1. The summed E-state index contributed by atoms with van der Waals surface area (Å²) in [6.45, 7) is 10.0. The second kappa shape index (κ2) is 12.2. The highest BCUT2D eigenvalue weighted by molar-refractivity contribution is 6.36. The standard InChI is InChI=1S/C13H15Cl3N4.2C2H6/c14-9-2-1-3-10(15)8(9)7-20-5-4-19-13(18)11(20)6-12(16)17;2*1-2/h1-3,6,19H,4-5,7,17-18H2;2*1-2H3/b12-6-;;. The zero-order chi connectivity index (χ0) is 18.7. The Hall–Kier alpha value is -1.23. The Balaban J connectivity index is 0.00000123. The van der Waals surface area contributed by atoms with E-state index in [4.69, 9.17) is 46.3 Å². The first-order valence-corrected chi connectivity index (χ1v) is 9.16. The quantitative estimate of drug-likeness (QED) is 0.656. The highest BCUT2D eigenvalue weighted by Gasteiger charge is 2.19. The molecule has 1 aromatic rings. The minimum Gasteiger partial charge on any atom is -0.389 e. The Bertz CT molecular complexity index is 547. The van der Waals surface area contributed by atoms with Gasteiger partial charge in [-0.15, -0.1) is 0 Å². The van der Waals surface area contributed by atoms with Crippen LogP contribution in [0.15, 0.2) is 40.9 Å². The minimum absolute atomic E-state index is 0.168. The van der Waals surface area contributed by atoms with Crippen LogP contribution < -0.4 is 16.8 Å². The van der Waals surface area contributed by atoms with Crippen LogP contribution in [0.25, 0.3) is 0 Å². The molecule has 0 saturated carbocycles. The summed E-state index contributed by atoms with van der Waals surface area (Å²) in [5.41, 5.74) is 13.1. The zero-order valence-corrected chi connectivity index (χ0v) is 16.9. The number of hydrogen-bond acceptors (Lipinski definition) is 4. The molecule has 0 radical (unpaired) electrons. The lowest BCUT2D eigenvalue weighted by Gasteiger charge is -2.32. The average Bonchev–Trinajstić information content (AvgIpc) is 2.57. The topological polar surface area (TPSA) is 67.3 Å². The lowest BCUT2D eigenvalue weighted by Crippen LogP contribution is -2.41. The lowest BCUT2D eigenvalue weighted by molar-refractivity contribution is 0.321. The van der Waals surface area contributed by atoms with Crippen molar-refractivity contribution in [3.63, 3.8) is 0 Å². The molecule has 0 spiro atoms. The van der Waals surface area contributed by atoms with Crippen LogP contribution in [0.2, 0.25) is 10.0 Å². The monoisotopic (exact) mass is 392 g/mol. The average molecular weight is 394 g/mol. The third-order valence-corrected chi connectivity index (χ3v) is 3.82. The van der Waals surface area contributed by atoms with Crippen LogP contribution in [-0.4, -0.2) is 18.0 Å². The lowest BCUT2D eigenvalue weighted by atomic mass is 10.1. The highest BCUT2D eigenvalue weighted by atomic mass is 35.5. The Morgan fingerprint density at radius 3 is 2.25 bits per heavy atom. The Morgan fingerprint density at radius 2 is 1.75 bits per heavy atom. The number of nitrogens with one attached hydrogen (secondary N) is 1. The molecule has 0 saturated heterocycles. The number of allylic oxidation sites excluding steroid dienone is 1. The van der Waals surface area contributed by atoms with E-state index in [-0.39, 0.29) is 5.16 Å². The van der Waals surface area contributed by atoms with Crippen molar-refractivity contribution in [3.05, 3.63) is 56.6 Å². The summed E-state index contributed by atoms with van der Waals surface area (Å²) in [6, 6.07) is 5.43. The van der Waals surface area contributed by atoms with Crippen molar-refractivity contribution in [3.8, 4) is 0 Å². The van der Waals surface area contributed by atoms with Gasteiger partial charge in [0, 0.05) is 35.2 Å². The number of hydrogen-bond donors (Lipinski definition) is 3. The molecule has 4 nitrogen and oxygen atoms in total. The molecule has 0 amide bonds. The van der Waals surface area contributed by atoms with Gasteiger partial charge in [0.15, 0.2) is 0 Å². The summed E-state index contributed by atoms with van der Waals surface area (Å²) in [6.07, 6.45) is 1.62. The van der Waals surface area contributed by atoms with E-state index in [9.17, 15) is 0 Å². The summed E-state index contributed by atoms with van der Waals surface area (Å²) in [5, 5.41) is 4.49. The molecule has 1 heterocycles. The van der Waals surface area contributed by atoms with Crippen LogP contribution in [0.4, 0.5) is 0 Å². The van der Waals surface area contributed by atoms with E-state index in [1.165, 1.54) is 0 Å². The summed E-state index contributed by atoms with van der Waals surface area (Å²) < 4.78 is 0. The van der Waals surface area contributed by atoms with Crippen LogP contribution in [0.5, 0.6) is 0 Å². The molecular formula is C17H27Cl3N4. The van der Waals surface area contributed by atoms with Crippen LogP contribution in [0.3, 0.4) is 0 Å². The molecule has 0 fully saturated rings. The van der Waals surface area contributed by atoms with Crippen molar-refractivity contribution in [1.29, 1.82) is 0 Å². The first-order valence-electron chi connectivity index (χ1n) is 8.03. The molecule has 0 atom stereocenters. The maximum atomic E-state index is 6.20. The first-order chi connectivity index (χ1) is 11.5. The Labute approximate surface area is 160 Å². The first kappa shape index (κ1) is 22.8. The number of nitrogens with two attached hydrogens (primary N) is 2. The summed E-state index contributed by atoms with van der Waals surface area (Å²) in [5.74, 6) is 0.531. The van der Waals surface area contributed by atoms with Gasteiger partial charge in [-0.2, -0.15) is 0 Å². The van der Waals surface area contributed by atoms with Gasteiger partial charge in [-0.05, 0) is 18.2 Å². The number of halogens is 3. The van der Waals surface area contributed by atoms with Crippen molar-refractivity contribution in [2.24, 2.45) is 11.5 Å². The molecule has 5 N–H and O–H groups in total. The molecule has 7 heteroatoms. The van der Waals surface area contributed by atoms with Crippen LogP contribution >= 0.6 is 34.8 Å². The van der Waals surface area contributed by atoms with Crippen molar-refractivity contribution in [2.75, 3.05) is 13.1 Å². The molecule has 0 aliphatic carbocycles. The molecule has 24 heavy (non-hydrogen) atoms. The van der Waals surface area contributed by atoms with Gasteiger partial charge in [-0.3, -0.25) is 0 Å². The normalized spacial score (nSPS) is 14.1. The van der Waals surface area contributed by atoms with Crippen molar-refractivity contribution < 1.29 is 0 Å². The fraction of sp³-hybridized carbons (Fsp3) is 0.412. The van der Waals surface area contributed by atoms with E-state index in [0.29, 0.717) is 22.4 Å². The number of rotatable bonds is 3. The van der Waals surface area contributed by atoms with E-state index in [2.05, 4.69) is 5.32 Å². The van der Waals surface area contributed by atoms with Crippen molar-refractivity contribution >= 4 is 34.8 Å². The predicted molar refractivity (Wildman–Crippen MR) is 107 cm³/mol. The maximum Gasteiger partial charge on any atom is 0.120 e. The van der Waals surface area contributed by atoms with Gasteiger partial charge < -0.3 is 21.7 Å². The molecular weight excluding hydrogens is 367 g/mol. The van der Waals surface area contributed by atoms with Gasteiger partial charge in [0.05, 0.1) is 5.70 Å². The van der Waals surface area contributed by atoms with E-state index < -0.39 is 0 Å². The molecule has 1 aliphatic heterocycles. The highest BCUT2D eigenvalue weighted by Crippen LogP contribution is 2.28. The second-order valence-corrected chi connectivity index (χ2v) is 5.63. The third-order valence-electron chi connectivity index (χ3n) is 3.00. The summed E-state index contributed by atoms with van der Waals surface area (Å²) >= 11 is 18.1. The molecule has 136 valence electrons. The minimum atomic E-state index is 0.168. The predicted octanol–water partition coefficient (Wildman–Crippen LogP) is 4.62. The van der Waals surface area contributed by atoms with Crippen LogP contribution in [-0.2, 0) is 6.54 Å². The van der Waals surface area contributed by atoms with Crippen LogP contribution in [0, 0.1) is 0 Å². The molecule has 2 rings (SSSR count). The van der Waals surface area contributed by atoms with Crippen molar-refractivity contribution in [1.82, 2.24) is 10.2 Å². The Morgan fingerprint density at radius 1 is 1.21 bits per heavy atom. The fourth-order valence-electron chi connectivity index (χ4n) is 2.05. The fourth-order valence-corrected chi connectivity index (χ4v) is 2.67. The van der Waals surface area contributed by atoms with Gasteiger partial charge in [0.1, 0.15) is 11.0 Å². The maximum absolute atomic E-state index is 6.20. The van der Waals surface area contributed by atoms with Gasteiger partial charge in [-0.1, -0.05) is 68.6 Å². The van der Waals surface area contributed by atoms with Gasteiger partial charge in [-0.25, -0.2) is 0 Å². The van der Waals surface area contributed by atoms with Crippen LogP contribution in [0.1, 0.15) is 33.3 Å². The van der Waals surface area contributed by atoms with Crippen molar-refractivity contribution in [2.45, 2.75) is 34.2 Å². The molecule has 1 aromatic carbocycles. The van der Waals surface area contributed by atoms with E-state index in [1.54, 1.807) is 6.08 Å².